The summed E-state index contributed by atoms with van der Waals surface area (Å²) in [7, 11) is 1.65. The van der Waals surface area contributed by atoms with Gasteiger partial charge < -0.3 is 9.57 Å². The van der Waals surface area contributed by atoms with Crippen molar-refractivity contribution in [1.82, 2.24) is 5.48 Å². The Labute approximate surface area is 111 Å². The summed E-state index contributed by atoms with van der Waals surface area (Å²) in [6, 6.07) is 4.33. The molecule has 1 aromatic carbocycles. The average molecular weight is 300 g/mol. The molecule has 1 unspecified atom stereocenters. The van der Waals surface area contributed by atoms with E-state index < -0.39 is 0 Å². The third-order valence-electron chi connectivity index (χ3n) is 2.98. The van der Waals surface area contributed by atoms with Crippen LogP contribution < -0.4 is 10.2 Å². The van der Waals surface area contributed by atoms with E-state index in [4.69, 9.17) is 9.57 Å². The van der Waals surface area contributed by atoms with Gasteiger partial charge in [-0.25, -0.2) is 0 Å². The molecule has 17 heavy (non-hydrogen) atoms. The van der Waals surface area contributed by atoms with Crippen LogP contribution >= 0.6 is 15.9 Å². The quantitative estimate of drug-likeness (QED) is 0.848. The van der Waals surface area contributed by atoms with Crippen molar-refractivity contribution in [2.24, 2.45) is 0 Å². The predicted octanol–water partition coefficient (Wildman–Crippen LogP) is 3.51. The number of aryl methyl sites for hydroxylation is 1. The Kier molecular flexibility index (Phi) is 3.48. The van der Waals surface area contributed by atoms with E-state index in [1.54, 1.807) is 7.11 Å². The molecular formula is C13H18BrNO2. The zero-order valence-corrected chi connectivity index (χ0v) is 12.2. The molecule has 0 spiro atoms. The van der Waals surface area contributed by atoms with Crippen LogP contribution in [-0.4, -0.2) is 12.7 Å². The van der Waals surface area contributed by atoms with Gasteiger partial charge >= 0.3 is 0 Å². The zero-order chi connectivity index (χ0) is 12.6. The van der Waals surface area contributed by atoms with Gasteiger partial charge in [0.2, 0.25) is 0 Å². The molecule has 1 aliphatic rings. The minimum Gasteiger partial charge on any atom is -0.487 e. The van der Waals surface area contributed by atoms with Gasteiger partial charge in [-0.1, -0.05) is 15.9 Å². The number of hydrogen-bond acceptors (Lipinski definition) is 3. The van der Waals surface area contributed by atoms with Gasteiger partial charge in [-0.3, -0.25) is 0 Å². The van der Waals surface area contributed by atoms with Crippen LogP contribution in [0.25, 0.3) is 0 Å². The lowest BCUT2D eigenvalue weighted by Gasteiger charge is -2.38. The molecule has 1 atom stereocenters. The summed E-state index contributed by atoms with van der Waals surface area (Å²) in [5.74, 6) is 0.971. The molecular weight excluding hydrogens is 282 g/mol. The number of fused-ring (bicyclic) bond motifs is 1. The van der Waals surface area contributed by atoms with Crippen LogP contribution in [0, 0.1) is 6.92 Å². The second-order valence-electron chi connectivity index (χ2n) is 5.08. The van der Waals surface area contributed by atoms with Crippen LogP contribution in [0.3, 0.4) is 0 Å². The van der Waals surface area contributed by atoms with Crippen LogP contribution in [0.1, 0.15) is 37.4 Å². The van der Waals surface area contributed by atoms with Crippen molar-refractivity contribution >= 4 is 15.9 Å². The third kappa shape index (κ3) is 2.64. The number of ether oxygens (including phenoxy) is 1. The molecule has 0 radical (unpaired) electrons. The molecule has 1 aliphatic heterocycles. The minimum absolute atomic E-state index is 0.162. The van der Waals surface area contributed by atoms with E-state index in [9.17, 15) is 0 Å². The summed E-state index contributed by atoms with van der Waals surface area (Å²) < 4.78 is 7.13. The first-order valence-electron chi connectivity index (χ1n) is 5.70. The molecule has 4 heteroatoms. The highest BCUT2D eigenvalue weighted by atomic mass is 79.9. The van der Waals surface area contributed by atoms with Gasteiger partial charge in [0.15, 0.2) is 0 Å². The average Bonchev–Trinajstić information content (AvgIpc) is 2.19. The first kappa shape index (κ1) is 12.9. The molecule has 94 valence electrons. The smallest absolute Gasteiger partial charge is 0.127 e. The Bertz CT molecular complexity index is 432. The lowest BCUT2D eigenvalue weighted by molar-refractivity contribution is 0.00255. The Morgan fingerprint density at radius 3 is 2.82 bits per heavy atom. The number of hydrogen-bond donors (Lipinski definition) is 1. The van der Waals surface area contributed by atoms with Crippen molar-refractivity contribution in [3.63, 3.8) is 0 Å². The van der Waals surface area contributed by atoms with Crippen LogP contribution in [0.4, 0.5) is 0 Å². The van der Waals surface area contributed by atoms with Gasteiger partial charge in [0, 0.05) is 16.5 Å². The molecule has 1 N–H and O–H groups in total. The van der Waals surface area contributed by atoms with Crippen molar-refractivity contribution < 1.29 is 9.57 Å². The molecule has 0 amide bonds. The van der Waals surface area contributed by atoms with Gasteiger partial charge in [-0.05, 0) is 38.5 Å². The first-order valence-corrected chi connectivity index (χ1v) is 6.50. The number of halogens is 1. The maximum atomic E-state index is 6.07. The fourth-order valence-electron chi connectivity index (χ4n) is 2.32. The van der Waals surface area contributed by atoms with Gasteiger partial charge in [0.05, 0.1) is 13.2 Å². The van der Waals surface area contributed by atoms with E-state index in [0.29, 0.717) is 0 Å². The monoisotopic (exact) mass is 299 g/mol. The number of benzene rings is 1. The molecule has 3 nitrogen and oxygen atoms in total. The summed E-state index contributed by atoms with van der Waals surface area (Å²) >= 11 is 3.52. The molecule has 1 aromatic rings. The summed E-state index contributed by atoms with van der Waals surface area (Å²) in [6.07, 6.45) is 0.879. The van der Waals surface area contributed by atoms with Crippen molar-refractivity contribution in [1.29, 1.82) is 0 Å². The Balaban J connectivity index is 2.48. The molecule has 0 bridgehead atoms. The van der Waals surface area contributed by atoms with Crippen molar-refractivity contribution in [2.75, 3.05) is 7.11 Å². The Morgan fingerprint density at radius 2 is 2.18 bits per heavy atom. The van der Waals surface area contributed by atoms with Crippen molar-refractivity contribution in [3.05, 3.63) is 27.7 Å². The summed E-state index contributed by atoms with van der Waals surface area (Å²) in [5, 5.41) is 0. The topological polar surface area (TPSA) is 30.5 Å². The van der Waals surface area contributed by atoms with Crippen LogP contribution in [0.5, 0.6) is 5.75 Å². The van der Waals surface area contributed by atoms with Crippen LogP contribution in [0.2, 0.25) is 0 Å². The normalized spacial score (nSPS) is 21.8. The highest BCUT2D eigenvalue weighted by Crippen LogP contribution is 2.42. The van der Waals surface area contributed by atoms with Gasteiger partial charge in [-0.2, -0.15) is 5.48 Å². The number of rotatable bonds is 2. The van der Waals surface area contributed by atoms with E-state index in [2.05, 4.69) is 54.3 Å². The molecule has 0 saturated carbocycles. The highest BCUT2D eigenvalue weighted by Gasteiger charge is 2.34. The maximum absolute atomic E-state index is 6.07. The second-order valence-corrected chi connectivity index (χ2v) is 6.00. The number of nitrogens with one attached hydrogen (secondary N) is 1. The lowest BCUT2D eigenvalue weighted by Crippen LogP contribution is -2.39. The van der Waals surface area contributed by atoms with E-state index >= 15 is 0 Å². The Hall–Kier alpha value is -0.580. The molecule has 1 heterocycles. The molecule has 0 aromatic heterocycles. The highest BCUT2D eigenvalue weighted by molar-refractivity contribution is 9.10. The lowest BCUT2D eigenvalue weighted by atomic mass is 9.89. The van der Waals surface area contributed by atoms with E-state index in [1.165, 1.54) is 0 Å². The zero-order valence-electron chi connectivity index (χ0n) is 10.6. The fourth-order valence-corrected chi connectivity index (χ4v) is 2.91. The van der Waals surface area contributed by atoms with E-state index in [0.717, 1.165) is 27.8 Å². The summed E-state index contributed by atoms with van der Waals surface area (Å²) in [5.41, 5.74) is 5.17. The molecule has 0 saturated heterocycles. The van der Waals surface area contributed by atoms with Crippen LogP contribution in [0.15, 0.2) is 16.6 Å². The summed E-state index contributed by atoms with van der Waals surface area (Å²) in [4.78, 5) is 5.09. The van der Waals surface area contributed by atoms with Gasteiger partial charge in [0.25, 0.3) is 0 Å². The summed E-state index contributed by atoms with van der Waals surface area (Å²) in [6.45, 7) is 6.26. The van der Waals surface area contributed by atoms with E-state index in [1.807, 2.05) is 0 Å². The van der Waals surface area contributed by atoms with Crippen LogP contribution in [-0.2, 0) is 4.84 Å². The predicted molar refractivity (Wildman–Crippen MR) is 71.1 cm³/mol. The molecule has 2 rings (SSSR count). The second kappa shape index (κ2) is 4.59. The van der Waals surface area contributed by atoms with Crippen molar-refractivity contribution in [2.45, 2.75) is 38.8 Å². The standard InChI is InChI=1S/C13H18BrNO2/c1-8-5-9(14)6-10-11(15-16-4)7-13(2,3)17-12(8)10/h5-6,11,15H,7H2,1-4H3. The Morgan fingerprint density at radius 1 is 1.47 bits per heavy atom. The maximum Gasteiger partial charge on any atom is 0.127 e. The van der Waals surface area contributed by atoms with Gasteiger partial charge in [-0.15, -0.1) is 0 Å². The third-order valence-corrected chi connectivity index (χ3v) is 3.44. The largest absolute Gasteiger partial charge is 0.487 e. The molecule has 0 fully saturated rings. The SMILES string of the molecule is CONC1CC(C)(C)Oc2c(C)cc(Br)cc21. The van der Waals surface area contributed by atoms with Crippen molar-refractivity contribution in [3.8, 4) is 5.75 Å². The minimum atomic E-state index is -0.179. The molecule has 0 aliphatic carbocycles. The van der Waals surface area contributed by atoms with Gasteiger partial charge in [0.1, 0.15) is 11.4 Å². The number of hydroxylamine groups is 1. The first-order chi connectivity index (χ1) is 7.93. The fraction of sp³-hybridized carbons (Fsp3) is 0.538. The van der Waals surface area contributed by atoms with E-state index in [-0.39, 0.29) is 11.6 Å².